The van der Waals surface area contributed by atoms with Gasteiger partial charge in [-0.25, -0.2) is 8.42 Å². The van der Waals surface area contributed by atoms with Crippen LogP contribution in [0.2, 0.25) is 0 Å². The van der Waals surface area contributed by atoms with E-state index in [1.165, 1.54) is 17.0 Å². The number of nitrogens with zero attached hydrogens (tertiary/aromatic N) is 2. The van der Waals surface area contributed by atoms with E-state index in [1.807, 2.05) is 63.2 Å². The molecule has 0 radical (unpaired) electrons. The van der Waals surface area contributed by atoms with Gasteiger partial charge in [0.15, 0.2) is 0 Å². The van der Waals surface area contributed by atoms with Crippen LogP contribution in [0.25, 0.3) is 0 Å². The Kier molecular flexibility index (Phi) is 12.4. The molecule has 0 saturated carbocycles. The molecule has 0 aromatic heterocycles. The van der Waals surface area contributed by atoms with E-state index in [2.05, 4.69) is 5.32 Å². The summed E-state index contributed by atoms with van der Waals surface area (Å²) in [6.45, 7) is 6.08. The van der Waals surface area contributed by atoms with E-state index in [1.54, 1.807) is 55.6 Å². The largest absolute Gasteiger partial charge is 0.497 e. The number of ether oxygens (including phenoxy) is 2. The van der Waals surface area contributed by atoms with E-state index in [0.29, 0.717) is 36.8 Å². The first-order valence-electron chi connectivity index (χ1n) is 15.7. The molecule has 10 heteroatoms. The Bertz CT molecular complexity index is 1710. The molecule has 0 saturated heterocycles. The number of benzene rings is 4. The summed E-state index contributed by atoms with van der Waals surface area (Å²) >= 11 is 0. The van der Waals surface area contributed by atoms with E-state index in [4.69, 9.17) is 9.47 Å². The summed E-state index contributed by atoms with van der Waals surface area (Å²) in [6.07, 6.45) is 0.952. The molecule has 0 aliphatic carbocycles. The summed E-state index contributed by atoms with van der Waals surface area (Å²) in [5.74, 6) is 0.319. The number of carbonyl (C=O) groups excluding carboxylic acids is 2. The summed E-state index contributed by atoms with van der Waals surface area (Å²) in [6, 6.07) is 28.9. The first-order chi connectivity index (χ1) is 22.7. The fraction of sp³-hybridized carbons (Fsp3) is 0.297. The molecule has 1 atom stereocenters. The van der Waals surface area contributed by atoms with Crippen LogP contribution in [0.4, 0.5) is 5.69 Å². The zero-order valence-electron chi connectivity index (χ0n) is 27.4. The van der Waals surface area contributed by atoms with Gasteiger partial charge in [0.2, 0.25) is 11.8 Å². The van der Waals surface area contributed by atoms with Crippen molar-refractivity contribution in [3.8, 4) is 11.5 Å². The summed E-state index contributed by atoms with van der Waals surface area (Å²) in [5.41, 5.74) is 2.79. The zero-order chi connectivity index (χ0) is 33.8. The average Bonchev–Trinajstić information content (AvgIpc) is 3.08. The molecular weight excluding hydrogens is 614 g/mol. The van der Waals surface area contributed by atoms with Crippen LogP contribution in [0, 0.1) is 6.92 Å². The molecule has 0 fully saturated rings. The van der Waals surface area contributed by atoms with E-state index >= 15 is 0 Å². The molecular formula is C37H43N3O6S. The fourth-order valence-electron chi connectivity index (χ4n) is 5.13. The van der Waals surface area contributed by atoms with Crippen LogP contribution < -0.4 is 19.1 Å². The highest BCUT2D eigenvalue weighted by Crippen LogP contribution is 2.27. The fourth-order valence-corrected chi connectivity index (χ4v) is 6.54. The van der Waals surface area contributed by atoms with E-state index in [9.17, 15) is 18.0 Å². The predicted octanol–water partition coefficient (Wildman–Crippen LogP) is 5.76. The van der Waals surface area contributed by atoms with Crippen LogP contribution in [-0.4, -0.2) is 58.0 Å². The first-order valence-corrected chi connectivity index (χ1v) is 17.2. The molecule has 9 nitrogen and oxygen atoms in total. The van der Waals surface area contributed by atoms with Crippen LogP contribution in [0.1, 0.15) is 37.0 Å². The molecule has 4 rings (SSSR count). The Morgan fingerprint density at radius 2 is 1.51 bits per heavy atom. The van der Waals surface area contributed by atoms with Crippen LogP contribution in [0.3, 0.4) is 0 Å². The molecule has 4 aromatic carbocycles. The predicted molar refractivity (Wildman–Crippen MR) is 184 cm³/mol. The topological polar surface area (TPSA) is 105 Å². The summed E-state index contributed by atoms with van der Waals surface area (Å²) in [7, 11) is -2.64. The highest BCUT2D eigenvalue weighted by molar-refractivity contribution is 7.92. The van der Waals surface area contributed by atoms with Gasteiger partial charge >= 0.3 is 0 Å². The number of hydrogen-bond donors (Lipinski definition) is 1. The maximum absolute atomic E-state index is 14.6. The monoisotopic (exact) mass is 657 g/mol. The van der Waals surface area contributed by atoms with Crippen molar-refractivity contribution in [3.63, 3.8) is 0 Å². The minimum Gasteiger partial charge on any atom is -0.497 e. The number of rotatable bonds is 16. The van der Waals surface area contributed by atoms with Crippen molar-refractivity contribution >= 4 is 27.5 Å². The highest BCUT2D eigenvalue weighted by atomic mass is 32.2. The Labute approximate surface area is 278 Å². The normalized spacial score (nSPS) is 11.7. The van der Waals surface area contributed by atoms with Crippen molar-refractivity contribution in [3.05, 3.63) is 120 Å². The quantitative estimate of drug-likeness (QED) is 0.164. The van der Waals surface area contributed by atoms with Crippen molar-refractivity contribution in [2.75, 3.05) is 31.1 Å². The van der Waals surface area contributed by atoms with Crippen LogP contribution in [0.5, 0.6) is 11.5 Å². The van der Waals surface area contributed by atoms with E-state index < -0.39 is 28.5 Å². The lowest BCUT2D eigenvalue weighted by Crippen LogP contribution is -2.53. The minimum absolute atomic E-state index is 0.0469. The summed E-state index contributed by atoms with van der Waals surface area (Å²) < 4.78 is 40.5. The van der Waals surface area contributed by atoms with Crippen molar-refractivity contribution < 1.29 is 27.5 Å². The summed E-state index contributed by atoms with van der Waals surface area (Å²) in [5, 5.41) is 2.96. The second kappa shape index (κ2) is 16.6. The van der Waals surface area contributed by atoms with Gasteiger partial charge in [-0.15, -0.1) is 0 Å². The van der Waals surface area contributed by atoms with Crippen molar-refractivity contribution in [2.24, 2.45) is 0 Å². The number of amides is 2. The number of methoxy groups -OCH3 is 1. The number of hydrogen-bond acceptors (Lipinski definition) is 6. The molecule has 0 spiro atoms. The summed E-state index contributed by atoms with van der Waals surface area (Å²) in [4.78, 5) is 29.9. The second-order valence-corrected chi connectivity index (χ2v) is 13.0. The smallest absolute Gasteiger partial charge is 0.264 e. The third-order valence-electron chi connectivity index (χ3n) is 7.63. The Hall–Kier alpha value is -4.83. The number of aryl methyl sites for hydroxylation is 1. The number of carbonyl (C=O) groups is 2. The molecule has 2 amide bonds. The first kappa shape index (κ1) is 35.0. The Balaban J connectivity index is 1.80. The third kappa shape index (κ3) is 9.36. The van der Waals surface area contributed by atoms with Crippen LogP contribution in [-0.2, 0) is 32.6 Å². The molecule has 47 heavy (non-hydrogen) atoms. The lowest BCUT2D eigenvalue weighted by Gasteiger charge is -2.34. The van der Waals surface area contributed by atoms with Gasteiger partial charge in [-0.1, -0.05) is 67.1 Å². The van der Waals surface area contributed by atoms with Gasteiger partial charge in [0.05, 0.1) is 24.3 Å². The zero-order valence-corrected chi connectivity index (χ0v) is 28.2. The molecule has 0 bridgehead atoms. The SMILES string of the molecule is CCCNC(=O)[C@H](Cc1ccccc1)N(Cc1cccc(OC)c1)C(=O)CN(c1ccc(OCC)cc1)S(=O)(=O)c1ccc(C)cc1. The maximum atomic E-state index is 14.6. The van der Waals surface area contributed by atoms with Crippen LogP contribution in [0.15, 0.2) is 108 Å². The standard InChI is InChI=1S/C37H43N3O6S/c1-5-23-38-37(42)35(25-29-11-8-7-9-12-29)39(26-30-13-10-14-33(24-30)45-4)36(41)27-40(31-17-19-32(20-18-31)46-6-2)47(43,44)34-21-15-28(3)16-22-34/h7-22,24,35H,5-6,23,25-27H2,1-4H3,(H,38,42)/t35-/m0/s1. The van der Waals surface area contributed by atoms with Crippen molar-refractivity contribution in [1.82, 2.24) is 10.2 Å². The van der Waals surface area contributed by atoms with Gasteiger partial charge in [0.25, 0.3) is 10.0 Å². The van der Waals surface area contributed by atoms with Gasteiger partial charge in [-0.2, -0.15) is 0 Å². The van der Waals surface area contributed by atoms with Gasteiger partial charge in [0, 0.05) is 19.5 Å². The Morgan fingerprint density at radius 1 is 0.830 bits per heavy atom. The molecule has 248 valence electrons. The lowest BCUT2D eigenvalue weighted by atomic mass is 10.0. The molecule has 0 aliphatic rings. The highest BCUT2D eigenvalue weighted by Gasteiger charge is 2.34. The number of anilines is 1. The van der Waals surface area contributed by atoms with Gasteiger partial charge in [-0.05, 0) is 79.9 Å². The van der Waals surface area contributed by atoms with Gasteiger partial charge in [0.1, 0.15) is 24.1 Å². The van der Waals surface area contributed by atoms with Crippen LogP contribution >= 0.6 is 0 Å². The van der Waals surface area contributed by atoms with E-state index in [-0.39, 0.29) is 23.8 Å². The average molecular weight is 658 g/mol. The Morgan fingerprint density at radius 3 is 2.15 bits per heavy atom. The van der Waals surface area contributed by atoms with E-state index in [0.717, 1.165) is 21.0 Å². The van der Waals surface area contributed by atoms with Crippen molar-refractivity contribution in [1.29, 1.82) is 0 Å². The minimum atomic E-state index is -4.20. The lowest BCUT2D eigenvalue weighted by molar-refractivity contribution is -0.140. The maximum Gasteiger partial charge on any atom is 0.264 e. The van der Waals surface area contributed by atoms with Crippen molar-refractivity contribution in [2.45, 2.75) is 51.1 Å². The number of nitrogens with one attached hydrogen (secondary N) is 1. The number of sulfonamides is 1. The molecule has 1 N–H and O–H groups in total. The third-order valence-corrected chi connectivity index (χ3v) is 9.42. The molecule has 4 aromatic rings. The van der Waals surface area contributed by atoms with Gasteiger partial charge < -0.3 is 19.7 Å². The molecule has 0 unspecified atom stereocenters. The van der Waals surface area contributed by atoms with Gasteiger partial charge in [-0.3, -0.25) is 13.9 Å². The molecule has 0 aliphatic heterocycles. The second-order valence-electron chi connectivity index (χ2n) is 11.1. The molecule has 0 heterocycles.